The van der Waals surface area contributed by atoms with Crippen molar-refractivity contribution in [3.8, 4) is 11.5 Å². The van der Waals surface area contributed by atoms with Gasteiger partial charge in [-0.2, -0.15) is 0 Å². The first-order valence-corrected chi connectivity index (χ1v) is 9.45. The van der Waals surface area contributed by atoms with E-state index in [-0.39, 0.29) is 12.7 Å². The smallest absolute Gasteiger partial charge is 0.270 e. The molecule has 0 bridgehead atoms. The van der Waals surface area contributed by atoms with E-state index in [4.69, 9.17) is 9.47 Å². The summed E-state index contributed by atoms with van der Waals surface area (Å²) >= 11 is 0. The highest BCUT2D eigenvalue weighted by molar-refractivity contribution is 5.92. The Kier molecular flexibility index (Phi) is 5.29. The van der Waals surface area contributed by atoms with Crippen molar-refractivity contribution < 1.29 is 14.3 Å². The SMILES string of the molecule is CC(C)c1ccc(Nc2nccc(C(=O)NCc3ccc4c(c3)OCO4)n2)cc1. The van der Waals surface area contributed by atoms with Crippen LogP contribution in [0, 0.1) is 0 Å². The third-order valence-electron chi connectivity index (χ3n) is 4.61. The molecule has 0 unspecified atom stereocenters. The Hall–Kier alpha value is -3.61. The molecule has 0 saturated carbocycles. The number of amides is 1. The van der Waals surface area contributed by atoms with Gasteiger partial charge in [0.2, 0.25) is 12.7 Å². The molecule has 2 aromatic carbocycles. The zero-order valence-corrected chi connectivity index (χ0v) is 16.3. The van der Waals surface area contributed by atoms with Crippen molar-refractivity contribution in [1.29, 1.82) is 0 Å². The molecule has 7 heteroatoms. The number of fused-ring (bicyclic) bond motifs is 1. The van der Waals surface area contributed by atoms with Crippen LogP contribution in [0.4, 0.5) is 11.6 Å². The zero-order valence-electron chi connectivity index (χ0n) is 16.3. The molecule has 29 heavy (non-hydrogen) atoms. The molecule has 2 heterocycles. The van der Waals surface area contributed by atoms with Crippen LogP contribution in [0.5, 0.6) is 11.5 Å². The molecular weight excluding hydrogens is 368 g/mol. The summed E-state index contributed by atoms with van der Waals surface area (Å²) in [6.45, 7) is 4.88. The molecule has 1 aromatic heterocycles. The number of anilines is 2. The van der Waals surface area contributed by atoms with Gasteiger partial charge in [0.25, 0.3) is 5.91 Å². The lowest BCUT2D eigenvalue weighted by atomic mass is 10.0. The number of nitrogens with one attached hydrogen (secondary N) is 2. The Labute approximate surface area is 169 Å². The predicted octanol–water partition coefficient (Wildman–Crippen LogP) is 4.00. The number of aromatic nitrogens is 2. The molecule has 0 spiro atoms. The van der Waals surface area contributed by atoms with Crippen LogP contribution in [0.2, 0.25) is 0 Å². The van der Waals surface area contributed by atoms with Gasteiger partial charge in [-0.05, 0) is 47.4 Å². The largest absolute Gasteiger partial charge is 0.454 e. The summed E-state index contributed by atoms with van der Waals surface area (Å²) in [6, 6.07) is 15.3. The van der Waals surface area contributed by atoms with E-state index in [1.54, 1.807) is 12.3 Å². The number of benzene rings is 2. The van der Waals surface area contributed by atoms with Crippen LogP contribution in [-0.4, -0.2) is 22.7 Å². The lowest BCUT2D eigenvalue weighted by Gasteiger charge is -2.09. The van der Waals surface area contributed by atoms with Crippen molar-refractivity contribution in [3.63, 3.8) is 0 Å². The summed E-state index contributed by atoms with van der Waals surface area (Å²) in [5, 5.41) is 6.00. The Morgan fingerprint density at radius 2 is 1.86 bits per heavy atom. The molecule has 0 atom stereocenters. The fraction of sp³-hybridized carbons (Fsp3) is 0.227. The number of rotatable bonds is 6. The molecule has 3 aromatic rings. The molecule has 2 N–H and O–H groups in total. The summed E-state index contributed by atoms with van der Waals surface area (Å²) < 4.78 is 10.7. The molecule has 1 aliphatic rings. The van der Waals surface area contributed by atoms with E-state index >= 15 is 0 Å². The van der Waals surface area contributed by atoms with Crippen LogP contribution in [0.3, 0.4) is 0 Å². The first kappa shape index (κ1) is 18.7. The minimum Gasteiger partial charge on any atom is -0.454 e. The number of carbonyl (C=O) groups excluding carboxylic acids is 1. The van der Waals surface area contributed by atoms with Gasteiger partial charge >= 0.3 is 0 Å². The predicted molar refractivity (Wildman–Crippen MR) is 110 cm³/mol. The van der Waals surface area contributed by atoms with Gasteiger partial charge in [-0.25, -0.2) is 9.97 Å². The van der Waals surface area contributed by atoms with Crippen LogP contribution in [0.25, 0.3) is 0 Å². The highest BCUT2D eigenvalue weighted by Gasteiger charge is 2.14. The third kappa shape index (κ3) is 4.45. The summed E-state index contributed by atoms with van der Waals surface area (Å²) in [4.78, 5) is 21.0. The van der Waals surface area contributed by atoms with Crippen molar-refractivity contribution in [2.24, 2.45) is 0 Å². The molecule has 1 amide bonds. The van der Waals surface area contributed by atoms with Gasteiger partial charge in [0.05, 0.1) is 0 Å². The second kappa shape index (κ2) is 8.18. The third-order valence-corrected chi connectivity index (χ3v) is 4.61. The Morgan fingerprint density at radius 3 is 2.66 bits per heavy atom. The molecule has 148 valence electrons. The van der Waals surface area contributed by atoms with Gasteiger partial charge in [0.1, 0.15) is 5.69 Å². The minimum atomic E-state index is -0.275. The Balaban J connectivity index is 1.39. The second-order valence-electron chi connectivity index (χ2n) is 7.04. The highest BCUT2D eigenvalue weighted by Crippen LogP contribution is 2.32. The van der Waals surface area contributed by atoms with E-state index in [1.165, 1.54) is 5.56 Å². The molecule has 0 fully saturated rings. The quantitative estimate of drug-likeness (QED) is 0.662. The minimum absolute atomic E-state index is 0.224. The van der Waals surface area contributed by atoms with Gasteiger partial charge < -0.3 is 20.1 Å². The standard InChI is InChI=1S/C22H22N4O3/c1-14(2)16-4-6-17(7-5-16)25-22-23-10-9-18(26-22)21(27)24-12-15-3-8-19-20(11-15)29-13-28-19/h3-11,14H,12-13H2,1-2H3,(H,24,27)(H,23,25,26). The van der Waals surface area contributed by atoms with Crippen LogP contribution >= 0.6 is 0 Å². The van der Waals surface area contributed by atoms with Crippen molar-refractivity contribution in [1.82, 2.24) is 15.3 Å². The lowest BCUT2D eigenvalue weighted by molar-refractivity contribution is 0.0946. The first-order valence-electron chi connectivity index (χ1n) is 9.45. The van der Waals surface area contributed by atoms with Crippen LogP contribution in [0.15, 0.2) is 54.7 Å². The van der Waals surface area contributed by atoms with Crippen molar-refractivity contribution in [3.05, 3.63) is 71.5 Å². The summed E-state index contributed by atoms with van der Waals surface area (Å²) in [7, 11) is 0. The number of nitrogens with zero attached hydrogens (tertiary/aromatic N) is 2. The van der Waals surface area contributed by atoms with Crippen LogP contribution in [0.1, 0.15) is 41.4 Å². The van der Waals surface area contributed by atoms with E-state index < -0.39 is 0 Å². The van der Waals surface area contributed by atoms with Crippen molar-refractivity contribution in [2.75, 3.05) is 12.1 Å². The molecule has 4 rings (SSSR count). The van der Waals surface area contributed by atoms with Gasteiger partial charge in [0, 0.05) is 18.4 Å². The van der Waals surface area contributed by atoms with Gasteiger partial charge in [-0.1, -0.05) is 32.0 Å². The van der Waals surface area contributed by atoms with Crippen molar-refractivity contribution >= 4 is 17.5 Å². The van der Waals surface area contributed by atoms with Gasteiger partial charge in [-0.3, -0.25) is 4.79 Å². The molecule has 0 aliphatic carbocycles. The summed E-state index contributed by atoms with van der Waals surface area (Å²) in [5.41, 5.74) is 3.34. The van der Waals surface area contributed by atoms with Crippen LogP contribution < -0.4 is 20.1 Å². The summed E-state index contributed by atoms with van der Waals surface area (Å²) in [5.74, 6) is 1.97. The zero-order chi connectivity index (χ0) is 20.2. The Morgan fingerprint density at radius 1 is 1.07 bits per heavy atom. The maximum absolute atomic E-state index is 12.5. The molecule has 1 aliphatic heterocycles. The van der Waals surface area contributed by atoms with E-state index in [1.807, 2.05) is 30.3 Å². The van der Waals surface area contributed by atoms with E-state index in [9.17, 15) is 4.79 Å². The number of hydrogen-bond acceptors (Lipinski definition) is 6. The lowest BCUT2D eigenvalue weighted by Crippen LogP contribution is -2.24. The number of ether oxygens (including phenoxy) is 2. The Bertz CT molecular complexity index is 1020. The summed E-state index contributed by atoms with van der Waals surface area (Å²) in [6.07, 6.45) is 1.56. The number of hydrogen-bond donors (Lipinski definition) is 2. The van der Waals surface area contributed by atoms with Crippen molar-refractivity contribution in [2.45, 2.75) is 26.3 Å². The van der Waals surface area contributed by atoms with E-state index in [0.29, 0.717) is 35.6 Å². The monoisotopic (exact) mass is 390 g/mol. The van der Waals surface area contributed by atoms with E-state index in [2.05, 4.69) is 46.6 Å². The topological polar surface area (TPSA) is 85.4 Å². The molecule has 0 saturated heterocycles. The van der Waals surface area contributed by atoms with Crippen LogP contribution in [-0.2, 0) is 6.54 Å². The van der Waals surface area contributed by atoms with E-state index in [0.717, 1.165) is 11.3 Å². The van der Waals surface area contributed by atoms with Gasteiger partial charge in [-0.15, -0.1) is 0 Å². The average Bonchev–Trinajstić information content (AvgIpc) is 3.20. The average molecular weight is 390 g/mol. The maximum Gasteiger partial charge on any atom is 0.270 e. The normalized spacial score (nSPS) is 12.1. The highest BCUT2D eigenvalue weighted by atomic mass is 16.7. The first-order chi connectivity index (χ1) is 14.1. The van der Waals surface area contributed by atoms with Gasteiger partial charge in [0.15, 0.2) is 11.5 Å². The maximum atomic E-state index is 12.5. The molecule has 7 nitrogen and oxygen atoms in total. The molecule has 0 radical (unpaired) electrons. The fourth-order valence-electron chi connectivity index (χ4n) is 2.95. The molecular formula is C22H22N4O3. The second-order valence-corrected chi connectivity index (χ2v) is 7.04. The fourth-order valence-corrected chi connectivity index (χ4v) is 2.95. The number of carbonyl (C=O) groups is 1.